The zero-order valence-electron chi connectivity index (χ0n) is 9.58. The Morgan fingerprint density at radius 2 is 1.67 bits per heavy atom. The number of carbonyl (C=O) groups excluding carboxylic acids is 1. The van der Waals surface area contributed by atoms with Crippen molar-refractivity contribution in [3.8, 4) is 11.5 Å². The van der Waals surface area contributed by atoms with Gasteiger partial charge in [-0.3, -0.25) is 4.79 Å². The van der Waals surface area contributed by atoms with E-state index in [9.17, 15) is 9.90 Å². The van der Waals surface area contributed by atoms with Gasteiger partial charge in [-0.2, -0.15) is 0 Å². The number of phenols is 2. The zero-order chi connectivity index (χ0) is 13.0. The minimum atomic E-state index is -0.182. The molecule has 0 atom stereocenters. The molecule has 0 heterocycles. The Labute approximate surface area is 105 Å². The maximum atomic E-state index is 11.8. The number of phenolic OH excluding ortho intramolecular Hbond substituents is 2. The normalized spacial score (nSPS) is 10.7. The van der Waals surface area contributed by atoms with Crippen LogP contribution in [0.25, 0.3) is 6.08 Å². The van der Waals surface area contributed by atoms with Crippen molar-refractivity contribution in [2.45, 2.75) is 0 Å². The van der Waals surface area contributed by atoms with Gasteiger partial charge in [0.15, 0.2) is 5.78 Å². The van der Waals surface area contributed by atoms with Crippen LogP contribution in [0.2, 0.25) is 0 Å². The van der Waals surface area contributed by atoms with Crippen molar-refractivity contribution in [1.29, 1.82) is 0 Å². The van der Waals surface area contributed by atoms with Crippen molar-refractivity contribution in [1.82, 2.24) is 0 Å². The number of allylic oxidation sites excluding steroid dienone is 1. The molecule has 2 rings (SSSR count). The lowest BCUT2D eigenvalue weighted by Gasteiger charge is -1.97. The van der Waals surface area contributed by atoms with Crippen LogP contribution in [-0.2, 0) is 0 Å². The zero-order valence-corrected chi connectivity index (χ0v) is 9.58. The largest absolute Gasteiger partial charge is 0.508 e. The van der Waals surface area contributed by atoms with E-state index < -0.39 is 0 Å². The van der Waals surface area contributed by atoms with Gasteiger partial charge < -0.3 is 10.2 Å². The van der Waals surface area contributed by atoms with Crippen molar-refractivity contribution >= 4 is 11.9 Å². The van der Waals surface area contributed by atoms with Gasteiger partial charge in [0.2, 0.25) is 0 Å². The van der Waals surface area contributed by atoms with E-state index in [-0.39, 0.29) is 17.3 Å². The van der Waals surface area contributed by atoms with Gasteiger partial charge >= 0.3 is 0 Å². The summed E-state index contributed by atoms with van der Waals surface area (Å²) in [7, 11) is 0. The Balaban J connectivity index is 2.14. The quantitative estimate of drug-likeness (QED) is 0.640. The molecular formula is C15H12O3. The molecule has 18 heavy (non-hydrogen) atoms. The fourth-order valence-corrected chi connectivity index (χ4v) is 1.51. The maximum absolute atomic E-state index is 11.8. The van der Waals surface area contributed by atoms with Crippen LogP contribution in [0.4, 0.5) is 0 Å². The van der Waals surface area contributed by atoms with E-state index in [1.54, 1.807) is 42.5 Å². The monoisotopic (exact) mass is 240 g/mol. The van der Waals surface area contributed by atoms with E-state index in [1.165, 1.54) is 18.2 Å². The molecule has 0 radical (unpaired) electrons. The van der Waals surface area contributed by atoms with Crippen LogP contribution in [0.15, 0.2) is 54.6 Å². The molecule has 0 bridgehead atoms. The molecule has 2 aromatic rings. The number of aromatic hydroxyl groups is 2. The Kier molecular flexibility index (Phi) is 3.44. The van der Waals surface area contributed by atoms with E-state index in [4.69, 9.17) is 5.11 Å². The smallest absolute Gasteiger partial charge is 0.185 e. The van der Waals surface area contributed by atoms with Crippen LogP contribution in [0.5, 0.6) is 11.5 Å². The third kappa shape index (κ3) is 2.98. The average Bonchev–Trinajstić information content (AvgIpc) is 2.38. The third-order valence-corrected chi connectivity index (χ3v) is 2.45. The molecule has 3 heteroatoms. The molecule has 0 unspecified atom stereocenters. The second-order valence-corrected chi connectivity index (χ2v) is 3.84. The molecule has 0 aromatic heterocycles. The van der Waals surface area contributed by atoms with Gasteiger partial charge in [-0.1, -0.05) is 30.3 Å². The van der Waals surface area contributed by atoms with Crippen LogP contribution in [0.3, 0.4) is 0 Å². The summed E-state index contributed by atoms with van der Waals surface area (Å²) in [5.41, 5.74) is 1.26. The minimum absolute atomic E-state index is 0.0684. The van der Waals surface area contributed by atoms with Gasteiger partial charge in [-0.25, -0.2) is 0 Å². The highest BCUT2D eigenvalue weighted by Crippen LogP contribution is 2.14. The number of hydrogen-bond donors (Lipinski definition) is 2. The molecule has 2 aromatic carbocycles. The van der Waals surface area contributed by atoms with Gasteiger partial charge in [0.05, 0.1) is 0 Å². The lowest BCUT2D eigenvalue weighted by atomic mass is 10.1. The molecular weight excluding hydrogens is 228 g/mol. The second kappa shape index (κ2) is 5.19. The molecule has 0 spiro atoms. The van der Waals surface area contributed by atoms with Crippen molar-refractivity contribution < 1.29 is 15.0 Å². The lowest BCUT2D eigenvalue weighted by molar-refractivity contribution is 0.104. The summed E-state index contributed by atoms with van der Waals surface area (Å²) in [6.45, 7) is 0. The van der Waals surface area contributed by atoms with Crippen molar-refractivity contribution in [3.05, 3.63) is 65.7 Å². The molecule has 0 aliphatic heterocycles. The summed E-state index contributed by atoms with van der Waals surface area (Å²) < 4.78 is 0. The van der Waals surface area contributed by atoms with Crippen LogP contribution >= 0.6 is 0 Å². The predicted molar refractivity (Wildman–Crippen MR) is 69.6 cm³/mol. The molecule has 0 aliphatic carbocycles. The van der Waals surface area contributed by atoms with E-state index in [0.29, 0.717) is 5.56 Å². The Morgan fingerprint density at radius 1 is 0.944 bits per heavy atom. The van der Waals surface area contributed by atoms with Crippen LogP contribution in [0, 0.1) is 0 Å². The molecule has 0 saturated carbocycles. The highest BCUT2D eigenvalue weighted by Gasteiger charge is 2.01. The van der Waals surface area contributed by atoms with Crippen LogP contribution < -0.4 is 0 Å². The molecule has 0 saturated heterocycles. The van der Waals surface area contributed by atoms with Gasteiger partial charge in [-0.15, -0.1) is 0 Å². The van der Waals surface area contributed by atoms with Crippen molar-refractivity contribution in [2.75, 3.05) is 0 Å². The second-order valence-electron chi connectivity index (χ2n) is 3.84. The van der Waals surface area contributed by atoms with E-state index >= 15 is 0 Å². The first-order valence-corrected chi connectivity index (χ1v) is 5.45. The highest BCUT2D eigenvalue weighted by atomic mass is 16.3. The Bertz CT molecular complexity index is 583. The number of rotatable bonds is 3. The first-order valence-electron chi connectivity index (χ1n) is 5.45. The van der Waals surface area contributed by atoms with E-state index in [0.717, 1.165) is 5.56 Å². The summed E-state index contributed by atoms with van der Waals surface area (Å²) in [4.78, 5) is 11.8. The average molecular weight is 240 g/mol. The highest BCUT2D eigenvalue weighted by molar-refractivity contribution is 6.07. The van der Waals surface area contributed by atoms with Crippen LogP contribution in [-0.4, -0.2) is 16.0 Å². The summed E-state index contributed by atoms with van der Waals surface area (Å²) in [6.07, 6.45) is 3.09. The number of ketones is 1. The first kappa shape index (κ1) is 11.9. The predicted octanol–water partition coefficient (Wildman–Crippen LogP) is 2.99. The number of carbonyl (C=O) groups is 1. The SMILES string of the molecule is O=C(C=Cc1ccc(O)cc1)c1cccc(O)c1. The molecule has 0 amide bonds. The Hall–Kier alpha value is -2.55. The van der Waals surface area contributed by atoms with Crippen molar-refractivity contribution in [3.63, 3.8) is 0 Å². The van der Waals surface area contributed by atoms with Gasteiger partial charge in [-0.05, 0) is 35.9 Å². The molecule has 90 valence electrons. The lowest BCUT2D eigenvalue weighted by Crippen LogP contribution is -1.92. The van der Waals surface area contributed by atoms with Gasteiger partial charge in [0, 0.05) is 5.56 Å². The molecule has 0 aliphatic rings. The van der Waals surface area contributed by atoms with Gasteiger partial charge in [0.1, 0.15) is 11.5 Å². The molecule has 0 fully saturated rings. The standard InChI is InChI=1S/C15H12O3/c16-13-7-4-11(5-8-13)6-9-15(18)12-2-1-3-14(17)10-12/h1-10,16-17H. The first-order chi connectivity index (χ1) is 8.65. The topological polar surface area (TPSA) is 57.5 Å². The minimum Gasteiger partial charge on any atom is -0.508 e. The van der Waals surface area contributed by atoms with Gasteiger partial charge in [0.25, 0.3) is 0 Å². The summed E-state index contributed by atoms with van der Waals surface area (Å²) in [5.74, 6) is 0.0734. The maximum Gasteiger partial charge on any atom is 0.185 e. The molecule has 3 nitrogen and oxygen atoms in total. The Morgan fingerprint density at radius 3 is 2.33 bits per heavy atom. The fraction of sp³-hybridized carbons (Fsp3) is 0. The number of hydrogen-bond acceptors (Lipinski definition) is 3. The summed E-state index contributed by atoms with van der Waals surface area (Å²) >= 11 is 0. The van der Waals surface area contributed by atoms with E-state index in [2.05, 4.69) is 0 Å². The third-order valence-electron chi connectivity index (χ3n) is 2.45. The van der Waals surface area contributed by atoms with Crippen LogP contribution in [0.1, 0.15) is 15.9 Å². The fourth-order valence-electron chi connectivity index (χ4n) is 1.51. The van der Waals surface area contributed by atoms with Crippen molar-refractivity contribution in [2.24, 2.45) is 0 Å². The number of benzene rings is 2. The van der Waals surface area contributed by atoms with E-state index in [1.807, 2.05) is 0 Å². The summed E-state index contributed by atoms with van der Waals surface area (Å²) in [6, 6.07) is 12.7. The summed E-state index contributed by atoms with van der Waals surface area (Å²) in [5, 5.41) is 18.4. The molecule has 2 N–H and O–H groups in total.